The minimum absolute atomic E-state index is 0.0836. The number of carbonyl (C=O) groups excluding carboxylic acids is 4. The highest BCUT2D eigenvalue weighted by Gasteiger charge is 2.54. The van der Waals surface area contributed by atoms with Gasteiger partial charge in [0.1, 0.15) is 35.0 Å². The average molecular weight is 569 g/mol. The van der Waals surface area contributed by atoms with Crippen LogP contribution >= 0.6 is 34.9 Å². The third kappa shape index (κ3) is 6.27. The van der Waals surface area contributed by atoms with E-state index in [1.807, 2.05) is 6.92 Å². The van der Waals surface area contributed by atoms with E-state index in [4.69, 9.17) is 9.47 Å². The van der Waals surface area contributed by atoms with Crippen LogP contribution in [0.1, 0.15) is 25.8 Å². The van der Waals surface area contributed by atoms with Crippen molar-refractivity contribution in [1.29, 1.82) is 0 Å². The van der Waals surface area contributed by atoms with Crippen LogP contribution in [0.2, 0.25) is 0 Å². The molecule has 1 fully saturated rings. The monoisotopic (exact) mass is 568 g/mol. The lowest BCUT2D eigenvalue weighted by atomic mass is 9.98. The zero-order chi connectivity index (χ0) is 26.7. The molecule has 0 spiro atoms. The fourth-order valence-electron chi connectivity index (χ4n) is 3.31. The number of ether oxygens (including phenoxy) is 2. The summed E-state index contributed by atoms with van der Waals surface area (Å²) in [4.78, 5) is 51.9. The summed E-state index contributed by atoms with van der Waals surface area (Å²) < 4.78 is 12.2. The summed E-state index contributed by atoms with van der Waals surface area (Å²) in [5.41, 5.74) is -0.0144. The van der Waals surface area contributed by atoms with Crippen LogP contribution in [0.15, 0.2) is 21.9 Å². The van der Waals surface area contributed by atoms with Crippen molar-refractivity contribution >= 4 is 58.6 Å². The van der Waals surface area contributed by atoms with Gasteiger partial charge in [-0.1, -0.05) is 23.1 Å². The van der Waals surface area contributed by atoms with Crippen LogP contribution in [-0.2, 0) is 35.2 Å². The molecule has 4 rings (SSSR count). The van der Waals surface area contributed by atoms with Crippen LogP contribution in [0, 0.1) is 12.3 Å². The van der Waals surface area contributed by atoms with Crippen LogP contribution in [-0.4, -0.2) is 88.8 Å². The molecule has 37 heavy (non-hydrogen) atoms. The maximum Gasteiger partial charge on any atom is 0.357 e. The highest BCUT2D eigenvalue weighted by Crippen LogP contribution is 2.42. The van der Waals surface area contributed by atoms with Crippen LogP contribution in [0.4, 0.5) is 0 Å². The Morgan fingerprint density at radius 1 is 1.24 bits per heavy atom. The summed E-state index contributed by atoms with van der Waals surface area (Å²) >= 11 is 4.24. The van der Waals surface area contributed by atoms with Gasteiger partial charge < -0.3 is 14.8 Å². The predicted octanol–water partition coefficient (Wildman–Crippen LogP) is 0.369. The number of aromatic nitrogens is 6. The molecule has 198 valence electrons. The van der Waals surface area contributed by atoms with Crippen molar-refractivity contribution in [3.05, 3.63) is 22.6 Å². The molecular formula is C20H24N8O6S3. The fraction of sp³-hybridized carbons (Fsp3) is 0.550. The highest BCUT2D eigenvalue weighted by atomic mass is 32.2. The van der Waals surface area contributed by atoms with Gasteiger partial charge in [0.15, 0.2) is 4.34 Å². The van der Waals surface area contributed by atoms with Crippen LogP contribution in [0.25, 0.3) is 0 Å². The van der Waals surface area contributed by atoms with Crippen LogP contribution < -0.4 is 5.32 Å². The number of tetrazole rings is 1. The zero-order valence-corrected chi connectivity index (χ0v) is 22.8. The molecular weight excluding hydrogens is 544 g/mol. The number of nitrogens with zero attached hydrogens (tertiary/aromatic N) is 7. The summed E-state index contributed by atoms with van der Waals surface area (Å²) in [7, 11) is 0. The normalized spacial score (nSPS) is 19.2. The summed E-state index contributed by atoms with van der Waals surface area (Å²) in [6.07, 6.45) is 1.29. The Balaban J connectivity index is 1.47. The fourth-order valence-corrected chi connectivity index (χ4v) is 6.61. The van der Waals surface area contributed by atoms with Crippen molar-refractivity contribution in [3.63, 3.8) is 0 Å². The number of aryl methyl sites for hydroxylation is 1. The molecule has 1 saturated heterocycles. The van der Waals surface area contributed by atoms with Crippen molar-refractivity contribution in [2.24, 2.45) is 5.41 Å². The molecule has 2 aliphatic heterocycles. The Labute approximate surface area is 223 Å². The Kier molecular flexibility index (Phi) is 8.13. The van der Waals surface area contributed by atoms with Gasteiger partial charge >= 0.3 is 11.9 Å². The first-order valence-corrected chi connectivity index (χ1v) is 13.8. The standard InChI is InChI=1S/C20H24N8O6S3/c1-10-23-24-19(37-10)36-7-11-6-35-16-13(22-12(29)5-27-8-21-25-26-27)15(30)28(16)14(11)17(31)33-9-34-18(32)20(2,3)4/h8,13,16H,5-7,9H2,1-4H3,(H,22,29). The van der Waals surface area contributed by atoms with Gasteiger partial charge in [0.25, 0.3) is 5.91 Å². The van der Waals surface area contributed by atoms with Crippen LogP contribution in [0.3, 0.4) is 0 Å². The van der Waals surface area contributed by atoms with Crippen LogP contribution in [0.5, 0.6) is 0 Å². The highest BCUT2D eigenvalue weighted by molar-refractivity contribution is 8.01. The van der Waals surface area contributed by atoms with Gasteiger partial charge in [-0.2, -0.15) is 0 Å². The third-order valence-electron chi connectivity index (χ3n) is 5.12. The molecule has 4 heterocycles. The lowest BCUT2D eigenvalue weighted by molar-refractivity contribution is -0.173. The lowest BCUT2D eigenvalue weighted by Crippen LogP contribution is -2.70. The number of hydrogen-bond acceptors (Lipinski definition) is 14. The maximum atomic E-state index is 13.1. The number of hydrogen-bond donors (Lipinski definition) is 1. The summed E-state index contributed by atoms with van der Waals surface area (Å²) in [5.74, 6) is -1.41. The van der Waals surface area contributed by atoms with Crippen molar-refractivity contribution in [2.75, 3.05) is 18.3 Å². The minimum atomic E-state index is -0.824. The van der Waals surface area contributed by atoms with Crippen molar-refractivity contribution in [3.8, 4) is 0 Å². The van der Waals surface area contributed by atoms with E-state index in [1.54, 1.807) is 20.8 Å². The first-order chi connectivity index (χ1) is 17.5. The van der Waals surface area contributed by atoms with E-state index in [2.05, 4.69) is 31.0 Å². The average Bonchev–Trinajstić information content (AvgIpc) is 3.51. The molecule has 0 bridgehead atoms. The van der Waals surface area contributed by atoms with Crippen molar-refractivity contribution < 1.29 is 28.7 Å². The van der Waals surface area contributed by atoms with Gasteiger partial charge in [-0.05, 0) is 43.7 Å². The molecule has 0 aliphatic carbocycles. The quantitative estimate of drug-likeness (QED) is 0.190. The smallest absolute Gasteiger partial charge is 0.357 e. The van der Waals surface area contributed by atoms with Gasteiger partial charge in [0.2, 0.25) is 12.7 Å². The SMILES string of the molecule is Cc1nnc(SCC2=C(C(=O)OCOC(=O)C(C)(C)C)N3C(=O)C(NC(=O)Cn4cnnn4)C3SC2)s1. The summed E-state index contributed by atoms with van der Waals surface area (Å²) in [6.45, 7) is 6.15. The topological polar surface area (TPSA) is 171 Å². The number of β-lactam (4-membered cyclic amide) rings is 1. The first kappa shape index (κ1) is 27.0. The molecule has 2 aromatic rings. The van der Waals surface area contributed by atoms with E-state index in [1.165, 1.54) is 50.8 Å². The molecule has 2 amide bonds. The Morgan fingerprint density at radius 2 is 2.03 bits per heavy atom. The number of nitrogens with one attached hydrogen (secondary N) is 1. The minimum Gasteiger partial charge on any atom is -0.427 e. The maximum absolute atomic E-state index is 13.1. The van der Waals surface area contributed by atoms with Gasteiger partial charge in [-0.3, -0.25) is 19.3 Å². The van der Waals surface area contributed by atoms with E-state index in [9.17, 15) is 19.2 Å². The Hall–Kier alpha value is -3.05. The number of rotatable bonds is 9. The summed E-state index contributed by atoms with van der Waals surface area (Å²) in [6, 6.07) is -0.824. The number of thioether (sulfide) groups is 2. The van der Waals surface area contributed by atoms with Gasteiger partial charge in [-0.15, -0.1) is 27.1 Å². The molecule has 2 aliphatic rings. The first-order valence-electron chi connectivity index (χ1n) is 11.0. The second-order valence-electron chi connectivity index (χ2n) is 9.02. The van der Waals surface area contributed by atoms with Crippen molar-refractivity contribution in [1.82, 2.24) is 40.6 Å². The van der Waals surface area contributed by atoms with E-state index in [0.717, 1.165) is 9.35 Å². The van der Waals surface area contributed by atoms with E-state index in [-0.39, 0.29) is 12.2 Å². The van der Waals surface area contributed by atoms with Gasteiger partial charge in [0.05, 0.1) is 5.41 Å². The number of esters is 2. The van der Waals surface area contributed by atoms with Gasteiger partial charge in [-0.25, -0.2) is 9.48 Å². The Bertz CT molecular complexity index is 1230. The third-order valence-corrected chi connectivity index (χ3v) is 8.52. The number of amides is 2. The molecule has 1 N–H and O–H groups in total. The number of carbonyl (C=O) groups is 4. The van der Waals surface area contributed by atoms with E-state index in [0.29, 0.717) is 17.1 Å². The summed E-state index contributed by atoms with van der Waals surface area (Å²) in [5, 5.41) is 21.6. The molecule has 14 nitrogen and oxygen atoms in total. The largest absolute Gasteiger partial charge is 0.427 e. The molecule has 0 radical (unpaired) electrons. The zero-order valence-electron chi connectivity index (χ0n) is 20.4. The molecule has 2 atom stereocenters. The van der Waals surface area contributed by atoms with Gasteiger partial charge in [0, 0.05) is 11.5 Å². The molecule has 17 heteroatoms. The second kappa shape index (κ2) is 11.1. The van der Waals surface area contributed by atoms with E-state index >= 15 is 0 Å². The Morgan fingerprint density at radius 3 is 2.68 bits per heavy atom. The molecule has 2 aromatic heterocycles. The molecule has 0 aromatic carbocycles. The second-order valence-corrected chi connectivity index (χ2v) is 12.5. The molecule has 2 unspecified atom stereocenters. The number of fused-ring (bicyclic) bond motifs is 1. The van der Waals surface area contributed by atoms with E-state index < -0.39 is 47.4 Å². The lowest BCUT2D eigenvalue weighted by Gasteiger charge is -2.49. The predicted molar refractivity (Wildman–Crippen MR) is 132 cm³/mol. The molecule has 0 saturated carbocycles. The van der Waals surface area contributed by atoms with Crippen molar-refractivity contribution in [2.45, 2.75) is 50.0 Å².